The molecule has 2 saturated heterocycles. The molecule has 1 aromatic heterocycles. The van der Waals surface area contributed by atoms with Crippen molar-refractivity contribution in [2.45, 2.75) is 38.5 Å². The summed E-state index contributed by atoms with van der Waals surface area (Å²) in [4.78, 5) is 17.2. The Kier molecular flexibility index (Phi) is 11.3. The number of hydrogen-bond acceptors (Lipinski definition) is 7. The molecule has 13 heteroatoms. The molecule has 0 saturated carbocycles. The van der Waals surface area contributed by atoms with Crippen molar-refractivity contribution in [3.8, 4) is 22.6 Å². The van der Waals surface area contributed by atoms with Gasteiger partial charge in [0.1, 0.15) is 11.5 Å². The zero-order chi connectivity index (χ0) is 34.4. The number of aromatic nitrogens is 1. The molecular weight excluding hydrogens is 657 g/mol. The zero-order valence-corrected chi connectivity index (χ0v) is 28.2. The van der Waals surface area contributed by atoms with Gasteiger partial charge in [-0.05, 0) is 53.9 Å². The van der Waals surface area contributed by atoms with Gasteiger partial charge in [0.25, 0.3) is 0 Å². The molecule has 1 atom stereocenters. The first-order valence-electron chi connectivity index (χ1n) is 16.6. The van der Waals surface area contributed by atoms with Crippen LogP contribution in [0.2, 0.25) is 5.02 Å². The van der Waals surface area contributed by atoms with Crippen LogP contribution in [0.5, 0.6) is 11.5 Å². The van der Waals surface area contributed by atoms with Gasteiger partial charge >= 0.3 is 6.36 Å². The molecule has 3 N–H and O–H groups in total. The van der Waals surface area contributed by atoms with Crippen molar-refractivity contribution in [1.29, 1.82) is 0 Å². The summed E-state index contributed by atoms with van der Waals surface area (Å²) in [6.07, 6.45) is -1.82. The second-order valence-corrected chi connectivity index (χ2v) is 12.9. The number of aryl methyl sites for hydroxylation is 1. The van der Waals surface area contributed by atoms with Crippen LogP contribution in [-0.2, 0) is 24.4 Å². The molecule has 4 aromatic rings. The minimum Gasteiger partial charge on any atom is -0.496 e. The van der Waals surface area contributed by atoms with E-state index in [4.69, 9.17) is 16.3 Å². The molecule has 1 amide bonds. The molecule has 2 aliphatic rings. The number of piperazine rings is 2. The molecule has 0 spiro atoms. The Morgan fingerprint density at radius 3 is 2.41 bits per heavy atom. The predicted octanol–water partition coefficient (Wildman–Crippen LogP) is 5.25. The Labute approximate surface area is 289 Å². The lowest BCUT2D eigenvalue weighted by atomic mass is 10.0. The van der Waals surface area contributed by atoms with Crippen LogP contribution < -0.4 is 25.4 Å². The van der Waals surface area contributed by atoms with Crippen LogP contribution in [-0.4, -0.2) is 92.1 Å². The number of alkyl halides is 3. The van der Waals surface area contributed by atoms with Crippen LogP contribution in [0.15, 0.2) is 66.9 Å². The van der Waals surface area contributed by atoms with E-state index >= 15 is 0 Å². The molecule has 9 nitrogen and oxygen atoms in total. The lowest BCUT2D eigenvalue weighted by Crippen LogP contribution is -2.55. The molecular formula is C36H42ClF3N6O3. The van der Waals surface area contributed by atoms with Gasteiger partial charge in [0.15, 0.2) is 0 Å². The van der Waals surface area contributed by atoms with E-state index in [1.807, 2.05) is 24.3 Å². The van der Waals surface area contributed by atoms with Crippen molar-refractivity contribution in [2.24, 2.45) is 0 Å². The van der Waals surface area contributed by atoms with Crippen LogP contribution in [0.25, 0.3) is 22.0 Å². The second-order valence-electron chi connectivity index (χ2n) is 12.5. The molecule has 262 valence electrons. The topological polar surface area (TPSA) is 83.0 Å². The minimum absolute atomic E-state index is 0.0151. The van der Waals surface area contributed by atoms with E-state index < -0.39 is 6.36 Å². The van der Waals surface area contributed by atoms with Crippen molar-refractivity contribution in [3.63, 3.8) is 0 Å². The van der Waals surface area contributed by atoms with Crippen LogP contribution in [0.4, 0.5) is 13.2 Å². The number of carbonyl (C=O) groups excluding carboxylic acids is 1. The SMILES string of the molecule is COc1cccc(Cl)c1-c1cn(CCCNC(=O)C2CNCCN2)c2ccc(CN3CCN(Cc4cccc(OC(F)(F)F)c4)CC3)cc12. The lowest BCUT2D eigenvalue weighted by molar-refractivity contribution is -0.274. The summed E-state index contributed by atoms with van der Waals surface area (Å²) in [5, 5.41) is 11.2. The van der Waals surface area contributed by atoms with E-state index in [2.05, 4.69) is 59.5 Å². The van der Waals surface area contributed by atoms with Crippen molar-refractivity contribution in [1.82, 2.24) is 30.3 Å². The Bertz CT molecular complexity index is 1730. The summed E-state index contributed by atoms with van der Waals surface area (Å²) in [6, 6.07) is 18.2. The largest absolute Gasteiger partial charge is 0.573 e. The van der Waals surface area contributed by atoms with Crippen LogP contribution in [0.3, 0.4) is 0 Å². The van der Waals surface area contributed by atoms with Gasteiger partial charge in [-0.2, -0.15) is 0 Å². The molecule has 0 aliphatic carbocycles. The van der Waals surface area contributed by atoms with E-state index in [9.17, 15) is 18.0 Å². The first-order chi connectivity index (χ1) is 23.7. The minimum atomic E-state index is -4.71. The van der Waals surface area contributed by atoms with Gasteiger partial charge < -0.3 is 30.0 Å². The molecule has 2 fully saturated rings. The number of amides is 1. The Hall–Kier alpha value is -3.81. The number of nitrogens with zero attached hydrogens (tertiary/aromatic N) is 3. The number of halogens is 4. The van der Waals surface area contributed by atoms with Gasteiger partial charge in [0, 0.05) is 100 Å². The monoisotopic (exact) mass is 698 g/mol. The third-order valence-corrected chi connectivity index (χ3v) is 9.37. The Morgan fingerprint density at radius 2 is 1.71 bits per heavy atom. The zero-order valence-electron chi connectivity index (χ0n) is 27.5. The molecule has 0 radical (unpaired) electrons. The number of ether oxygens (including phenoxy) is 2. The van der Waals surface area contributed by atoms with E-state index in [0.717, 1.165) is 79.8 Å². The smallest absolute Gasteiger partial charge is 0.496 e. The summed E-state index contributed by atoms with van der Waals surface area (Å²) in [7, 11) is 1.64. The normalized spacial score (nSPS) is 17.7. The number of benzene rings is 3. The van der Waals surface area contributed by atoms with E-state index in [-0.39, 0.29) is 17.7 Å². The fourth-order valence-corrected chi connectivity index (χ4v) is 6.92. The van der Waals surface area contributed by atoms with Gasteiger partial charge in [-0.25, -0.2) is 0 Å². The highest BCUT2D eigenvalue weighted by Gasteiger charge is 2.31. The van der Waals surface area contributed by atoms with Crippen molar-refractivity contribution in [3.05, 3.63) is 83.0 Å². The lowest BCUT2D eigenvalue weighted by Gasteiger charge is -2.34. The van der Waals surface area contributed by atoms with Gasteiger partial charge in [-0.1, -0.05) is 35.9 Å². The Balaban J connectivity index is 1.13. The average Bonchev–Trinajstić information content (AvgIpc) is 3.44. The fourth-order valence-electron chi connectivity index (χ4n) is 6.65. The van der Waals surface area contributed by atoms with E-state index in [1.165, 1.54) is 17.7 Å². The second kappa shape index (κ2) is 15.8. The van der Waals surface area contributed by atoms with Gasteiger partial charge in [-0.3, -0.25) is 14.6 Å². The molecule has 3 heterocycles. The van der Waals surface area contributed by atoms with Crippen molar-refractivity contribution < 1.29 is 27.4 Å². The summed E-state index contributed by atoms with van der Waals surface area (Å²) in [6.45, 7) is 8.15. The standard InChI is InChI=1S/C36H42ClF3N6O3/c1-48-33-8-3-7-30(37)34(33)29-24-46(14-4-11-43-35(47)31-21-41-12-13-42-31)32-10-9-26(20-28(29)32)23-45-17-15-44(16-18-45)22-25-5-2-6-27(19-25)49-36(38,39)40/h2-3,5-10,19-20,24,31,41-42H,4,11-18,21-23H2,1H3,(H,43,47). The number of carbonyl (C=O) groups is 1. The number of hydrogen-bond donors (Lipinski definition) is 3. The van der Waals surface area contributed by atoms with Crippen LogP contribution >= 0.6 is 11.6 Å². The summed E-state index contributed by atoms with van der Waals surface area (Å²) in [5.41, 5.74) is 4.86. The van der Waals surface area contributed by atoms with Gasteiger partial charge in [-0.15, -0.1) is 13.2 Å². The number of rotatable bonds is 12. The highest BCUT2D eigenvalue weighted by Crippen LogP contribution is 2.41. The van der Waals surface area contributed by atoms with Gasteiger partial charge in [0.05, 0.1) is 18.2 Å². The number of nitrogens with one attached hydrogen (secondary N) is 3. The summed E-state index contributed by atoms with van der Waals surface area (Å²) >= 11 is 6.77. The van der Waals surface area contributed by atoms with E-state index in [1.54, 1.807) is 13.2 Å². The maximum Gasteiger partial charge on any atom is 0.573 e. The van der Waals surface area contributed by atoms with Crippen LogP contribution in [0.1, 0.15) is 17.5 Å². The third kappa shape index (κ3) is 9.06. The summed E-state index contributed by atoms with van der Waals surface area (Å²) < 4.78 is 50.1. The van der Waals surface area contributed by atoms with Crippen LogP contribution in [0, 0.1) is 0 Å². The number of fused-ring (bicyclic) bond motifs is 1. The Morgan fingerprint density at radius 1 is 0.980 bits per heavy atom. The molecule has 0 bridgehead atoms. The molecule has 3 aromatic carbocycles. The fraction of sp³-hybridized carbons (Fsp3) is 0.417. The van der Waals surface area contributed by atoms with Crippen molar-refractivity contribution in [2.75, 3.05) is 59.5 Å². The maximum absolute atomic E-state index is 12.7. The first kappa shape index (κ1) is 35.0. The quantitative estimate of drug-likeness (QED) is 0.174. The molecule has 6 rings (SSSR count). The summed E-state index contributed by atoms with van der Waals surface area (Å²) in [5.74, 6) is 0.518. The molecule has 1 unspecified atom stereocenters. The van der Waals surface area contributed by atoms with Gasteiger partial charge in [0.2, 0.25) is 5.91 Å². The highest BCUT2D eigenvalue weighted by atomic mass is 35.5. The first-order valence-corrected chi connectivity index (χ1v) is 17.0. The van der Waals surface area contributed by atoms with Crippen molar-refractivity contribution >= 4 is 28.4 Å². The molecule has 2 aliphatic heterocycles. The average molecular weight is 699 g/mol. The molecule has 49 heavy (non-hydrogen) atoms. The maximum atomic E-state index is 12.7. The number of methoxy groups -OCH3 is 1. The van der Waals surface area contributed by atoms with E-state index in [0.29, 0.717) is 37.0 Å². The highest BCUT2D eigenvalue weighted by molar-refractivity contribution is 6.34. The predicted molar refractivity (Wildman–Crippen MR) is 185 cm³/mol. The third-order valence-electron chi connectivity index (χ3n) is 9.05.